The predicted octanol–water partition coefficient (Wildman–Crippen LogP) is 1.32. The van der Waals surface area contributed by atoms with Gasteiger partial charge < -0.3 is 54.0 Å². The quantitative estimate of drug-likeness (QED) is 0.0793. The lowest BCUT2D eigenvalue weighted by Gasteiger charge is -2.41. The second kappa shape index (κ2) is 13.4. The van der Waals surface area contributed by atoms with Crippen LogP contribution in [-0.2, 0) is 25.5 Å². The molecule has 4 rings (SSSR count). The van der Waals surface area contributed by atoms with E-state index in [2.05, 4.69) is 0 Å². The van der Waals surface area contributed by atoms with E-state index in [-0.39, 0.29) is 29.3 Å². The van der Waals surface area contributed by atoms with Crippen LogP contribution in [0.25, 0.3) is 17.0 Å². The molecule has 1 aliphatic carbocycles. The topological polar surface area (TPSA) is 223 Å². The molecule has 0 spiro atoms. The van der Waals surface area contributed by atoms with Crippen molar-refractivity contribution in [3.05, 3.63) is 64.0 Å². The number of aliphatic hydroxyl groups is 4. The van der Waals surface area contributed by atoms with Crippen LogP contribution in [-0.4, -0.2) is 92.4 Å². The normalized spacial score (nSPS) is 22.4. The van der Waals surface area contributed by atoms with Crippen LogP contribution in [0, 0.1) is 0 Å². The molecule has 2 aromatic carbocycles. The molecule has 5 atom stereocenters. The Morgan fingerprint density at radius 3 is 2.41 bits per heavy atom. The van der Waals surface area contributed by atoms with Gasteiger partial charge in [-0.2, -0.15) is 0 Å². The molecular formula is C32H36O14. The highest BCUT2D eigenvalue weighted by molar-refractivity contribution is 5.88. The summed E-state index contributed by atoms with van der Waals surface area (Å²) in [5.74, 6) is -2.61. The summed E-state index contributed by atoms with van der Waals surface area (Å²) in [6.45, 7) is 2.75. The van der Waals surface area contributed by atoms with Gasteiger partial charge in [0.25, 0.3) is 0 Å². The molecule has 1 aromatic heterocycles. The molecular weight excluding hydrogens is 608 g/mol. The Morgan fingerprint density at radius 2 is 1.78 bits per heavy atom. The number of phenolic OH excluding ortho intramolecular Hbond substituents is 2. The molecule has 3 aromatic rings. The first-order valence-corrected chi connectivity index (χ1v) is 14.2. The zero-order valence-electron chi connectivity index (χ0n) is 25.5. The van der Waals surface area contributed by atoms with Crippen molar-refractivity contribution in [2.75, 3.05) is 14.2 Å². The van der Waals surface area contributed by atoms with Crippen molar-refractivity contribution in [2.24, 2.45) is 0 Å². The third-order valence-electron chi connectivity index (χ3n) is 7.71. The maximum atomic E-state index is 13.5. The van der Waals surface area contributed by atoms with Gasteiger partial charge in [-0.15, -0.1) is 0 Å². The van der Waals surface area contributed by atoms with Gasteiger partial charge in [-0.25, -0.2) is 14.4 Å². The average Bonchev–Trinajstić information content (AvgIpc) is 2.98. The van der Waals surface area contributed by atoms with Crippen LogP contribution in [0.3, 0.4) is 0 Å². The summed E-state index contributed by atoms with van der Waals surface area (Å²) in [6, 6.07) is 7.93. The number of aromatic hydroxyl groups is 2. The van der Waals surface area contributed by atoms with Crippen LogP contribution in [0.5, 0.6) is 23.0 Å². The Labute approximate surface area is 262 Å². The zero-order valence-corrected chi connectivity index (χ0v) is 25.5. The first-order chi connectivity index (χ1) is 21.6. The summed E-state index contributed by atoms with van der Waals surface area (Å²) in [5.41, 5.74) is -3.90. The lowest BCUT2D eigenvalue weighted by atomic mass is 9.79. The molecule has 0 bridgehead atoms. The van der Waals surface area contributed by atoms with Gasteiger partial charge in [0.15, 0.2) is 17.1 Å². The van der Waals surface area contributed by atoms with Crippen molar-refractivity contribution >= 4 is 29.0 Å². The number of methoxy groups -OCH3 is 2. The number of hydrogen-bond donors (Lipinski definition) is 6. The van der Waals surface area contributed by atoms with Crippen molar-refractivity contribution in [1.82, 2.24) is 0 Å². The molecule has 1 fully saturated rings. The number of fused-ring (bicyclic) bond motifs is 1. The van der Waals surface area contributed by atoms with Gasteiger partial charge in [0.1, 0.15) is 35.4 Å². The number of ether oxygens (including phenoxy) is 4. The molecule has 0 radical (unpaired) electrons. The molecule has 46 heavy (non-hydrogen) atoms. The fraction of sp³-hybridized carbons (Fsp3) is 0.406. The minimum Gasteiger partial charge on any atom is -0.504 e. The highest BCUT2D eigenvalue weighted by Gasteiger charge is 2.52. The van der Waals surface area contributed by atoms with E-state index in [1.54, 1.807) is 0 Å². The Hall–Kier alpha value is -4.63. The molecule has 1 saturated carbocycles. The number of phenols is 2. The first kappa shape index (κ1) is 34.2. The van der Waals surface area contributed by atoms with Crippen molar-refractivity contribution in [1.29, 1.82) is 0 Å². The molecule has 0 amide bonds. The molecule has 14 nitrogen and oxygen atoms in total. The lowest BCUT2D eigenvalue weighted by molar-refractivity contribution is -0.209. The van der Waals surface area contributed by atoms with Gasteiger partial charge in [0.2, 0.25) is 0 Å². The van der Waals surface area contributed by atoms with Crippen LogP contribution in [0.2, 0.25) is 0 Å². The molecule has 0 aliphatic heterocycles. The number of carbonyl (C=O) groups is 2. The summed E-state index contributed by atoms with van der Waals surface area (Å²) in [5, 5.41) is 62.8. The van der Waals surface area contributed by atoms with E-state index in [1.165, 1.54) is 70.5 Å². The fourth-order valence-corrected chi connectivity index (χ4v) is 5.20. The van der Waals surface area contributed by atoms with Crippen molar-refractivity contribution in [3.8, 4) is 23.0 Å². The van der Waals surface area contributed by atoms with Gasteiger partial charge in [-0.3, -0.25) is 0 Å². The van der Waals surface area contributed by atoms with Gasteiger partial charge in [-0.05, 0) is 43.7 Å². The summed E-state index contributed by atoms with van der Waals surface area (Å²) < 4.78 is 27.2. The number of benzene rings is 2. The second-order valence-corrected chi connectivity index (χ2v) is 11.6. The van der Waals surface area contributed by atoms with Crippen molar-refractivity contribution in [2.45, 2.75) is 68.7 Å². The third-order valence-corrected chi connectivity index (χ3v) is 7.71. The van der Waals surface area contributed by atoms with Crippen molar-refractivity contribution in [3.63, 3.8) is 0 Å². The molecule has 1 heterocycles. The maximum Gasteiger partial charge on any atom is 0.338 e. The summed E-state index contributed by atoms with van der Waals surface area (Å²) in [4.78, 5) is 37.8. The number of rotatable bonds is 10. The van der Waals surface area contributed by atoms with E-state index in [1.807, 2.05) is 0 Å². The number of esters is 2. The Morgan fingerprint density at radius 1 is 1.07 bits per heavy atom. The second-order valence-electron chi connectivity index (χ2n) is 11.6. The molecule has 14 heteroatoms. The highest BCUT2D eigenvalue weighted by atomic mass is 16.6. The smallest absolute Gasteiger partial charge is 0.338 e. The van der Waals surface area contributed by atoms with Crippen LogP contribution in [0.4, 0.5) is 0 Å². The molecule has 6 N–H and O–H groups in total. The minimum absolute atomic E-state index is 0.169. The maximum absolute atomic E-state index is 13.5. The van der Waals surface area contributed by atoms with E-state index in [9.17, 15) is 45.0 Å². The van der Waals surface area contributed by atoms with Crippen LogP contribution in [0.1, 0.15) is 37.8 Å². The van der Waals surface area contributed by atoms with E-state index in [0.29, 0.717) is 16.5 Å². The molecule has 1 aliphatic rings. The van der Waals surface area contributed by atoms with E-state index in [0.717, 1.165) is 6.08 Å². The Bertz CT molecular complexity index is 1690. The van der Waals surface area contributed by atoms with Crippen LogP contribution >= 0.6 is 0 Å². The van der Waals surface area contributed by atoms with Crippen LogP contribution in [0.15, 0.2) is 51.7 Å². The molecule has 248 valence electrons. The number of hydrogen-bond acceptors (Lipinski definition) is 14. The number of carbonyl (C=O) groups excluding carboxylic acids is 2. The molecule has 5 unspecified atom stereocenters. The third kappa shape index (κ3) is 7.42. The van der Waals surface area contributed by atoms with E-state index < -0.39 is 71.8 Å². The van der Waals surface area contributed by atoms with Gasteiger partial charge in [-0.1, -0.05) is 6.07 Å². The molecule has 0 saturated heterocycles. The van der Waals surface area contributed by atoms with Gasteiger partial charge in [0.05, 0.1) is 31.3 Å². The highest BCUT2D eigenvalue weighted by Crippen LogP contribution is 2.39. The summed E-state index contributed by atoms with van der Waals surface area (Å²) in [7, 11) is 2.73. The van der Waals surface area contributed by atoms with Crippen molar-refractivity contribution < 1.29 is 63.6 Å². The largest absolute Gasteiger partial charge is 0.504 e. The fourth-order valence-electron chi connectivity index (χ4n) is 5.20. The SMILES string of the molecule is COc1cc2oc(=O)ccc2c(OC)c1CC(OC(=O)C1(O)CC(O)C(O)C(OC(=O)C=Cc2ccc(O)c(O)c2)C1)C(C)(C)O. The summed E-state index contributed by atoms with van der Waals surface area (Å²) in [6.07, 6.45) is -5.53. The van der Waals surface area contributed by atoms with Gasteiger partial charge >= 0.3 is 17.6 Å². The zero-order chi connectivity index (χ0) is 34.0. The van der Waals surface area contributed by atoms with E-state index >= 15 is 0 Å². The lowest BCUT2D eigenvalue weighted by Crippen LogP contribution is -2.58. The van der Waals surface area contributed by atoms with Gasteiger partial charge in [0, 0.05) is 43.0 Å². The summed E-state index contributed by atoms with van der Waals surface area (Å²) >= 11 is 0. The van der Waals surface area contributed by atoms with Crippen LogP contribution < -0.4 is 15.1 Å². The first-order valence-electron chi connectivity index (χ1n) is 14.2. The Kier molecular flexibility index (Phi) is 9.97. The Balaban J connectivity index is 1.56. The standard InChI is InChI=1S/C32H36O14/c1-31(2,40)25(12-18-22(42-3)13-23-17(29(18)43-4)7-10-27(37)44-23)46-30(39)32(41)14-21(35)28(38)24(15-32)45-26(36)9-6-16-5-8-19(33)20(34)11-16/h5-11,13,21,24-25,28,33-35,38,40-41H,12,14-15H2,1-4H3. The minimum atomic E-state index is -2.44. The predicted molar refractivity (Wildman–Crippen MR) is 160 cm³/mol. The number of aliphatic hydroxyl groups excluding tert-OH is 2. The average molecular weight is 645 g/mol. The monoisotopic (exact) mass is 644 g/mol. The van der Waals surface area contributed by atoms with E-state index in [4.69, 9.17) is 23.4 Å².